The number of anilines is 1. The largest absolute Gasteiger partial charge is 0.360 e. The summed E-state index contributed by atoms with van der Waals surface area (Å²) in [6.07, 6.45) is 0. The van der Waals surface area contributed by atoms with E-state index in [1.807, 2.05) is 24.3 Å². The molecule has 0 saturated carbocycles. The first kappa shape index (κ1) is 15.7. The molecule has 1 amide bonds. The highest BCUT2D eigenvalue weighted by Gasteiger charge is 2.02. The predicted molar refractivity (Wildman–Crippen MR) is 82.3 cm³/mol. The summed E-state index contributed by atoms with van der Waals surface area (Å²) in [5.74, 6) is 0.00333. The molecule has 2 aromatic rings. The summed E-state index contributed by atoms with van der Waals surface area (Å²) >= 11 is 1.62. The van der Waals surface area contributed by atoms with Crippen LogP contribution in [0.2, 0.25) is 0 Å². The second-order valence-corrected chi connectivity index (χ2v) is 4.82. The molecule has 19 heavy (non-hydrogen) atoms. The zero-order valence-electron chi connectivity index (χ0n) is 10.6. The van der Waals surface area contributed by atoms with Gasteiger partial charge in [-0.3, -0.25) is 4.79 Å². The SMILES string of the molecule is CNCC(=O)NCCNc1nc2ccccc2s1.Cl. The fourth-order valence-corrected chi connectivity index (χ4v) is 2.43. The van der Waals surface area contributed by atoms with Crippen molar-refractivity contribution in [1.82, 2.24) is 15.6 Å². The van der Waals surface area contributed by atoms with Crippen LogP contribution in [0, 0.1) is 0 Å². The van der Waals surface area contributed by atoms with Crippen LogP contribution in [0.5, 0.6) is 0 Å². The zero-order chi connectivity index (χ0) is 12.8. The number of thiazole rings is 1. The molecule has 1 aromatic carbocycles. The Hall–Kier alpha value is -1.37. The number of halogens is 1. The molecule has 1 heterocycles. The van der Waals surface area contributed by atoms with Crippen LogP contribution in [-0.4, -0.2) is 37.6 Å². The van der Waals surface area contributed by atoms with E-state index >= 15 is 0 Å². The number of carbonyl (C=O) groups excluding carboxylic acids is 1. The number of hydrogen-bond acceptors (Lipinski definition) is 5. The van der Waals surface area contributed by atoms with E-state index in [1.54, 1.807) is 18.4 Å². The molecule has 0 aliphatic heterocycles. The van der Waals surface area contributed by atoms with Gasteiger partial charge in [0.15, 0.2) is 5.13 Å². The van der Waals surface area contributed by atoms with Crippen LogP contribution >= 0.6 is 23.7 Å². The molecule has 0 fully saturated rings. The molecule has 0 aliphatic rings. The molecule has 0 atom stereocenters. The molecular weight excluding hydrogens is 284 g/mol. The van der Waals surface area contributed by atoms with Crippen LogP contribution in [-0.2, 0) is 4.79 Å². The van der Waals surface area contributed by atoms with E-state index in [4.69, 9.17) is 0 Å². The van der Waals surface area contributed by atoms with Crippen LogP contribution < -0.4 is 16.0 Å². The van der Waals surface area contributed by atoms with Gasteiger partial charge in [0.1, 0.15) is 0 Å². The van der Waals surface area contributed by atoms with E-state index in [0.29, 0.717) is 19.6 Å². The summed E-state index contributed by atoms with van der Waals surface area (Å²) in [7, 11) is 1.75. The molecule has 0 radical (unpaired) electrons. The lowest BCUT2D eigenvalue weighted by atomic mass is 10.3. The van der Waals surface area contributed by atoms with Crippen molar-refractivity contribution in [3.05, 3.63) is 24.3 Å². The van der Waals surface area contributed by atoms with Crippen molar-refractivity contribution < 1.29 is 4.79 Å². The Balaban J connectivity index is 0.00000180. The molecule has 0 unspecified atom stereocenters. The highest BCUT2D eigenvalue weighted by atomic mass is 35.5. The predicted octanol–water partition coefficient (Wildman–Crippen LogP) is 1.47. The van der Waals surface area contributed by atoms with Gasteiger partial charge in [-0.05, 0) is 19.2 Å². The standard InChI is InChI=1S/C12H16N4OS.ClH/c1-13-8-11(17)14-6-7-15-12-16-9-4-2-3-5-10(9)18-12;/h2-5,13H,6-8H2,1H3,(H,14,17)(H,15,16);1H. The summed E-state index contributed by atoms with van der Waals surface area (Å²) in [6, 6.07) is 8.02. The third-order valence-corrected chi connectivity index (χ3v) is 3.35. The van der Waals surface area contributed by atoms with Crippen LogP contribution in [0.15, 0.2) is 24.3 Å². The Kier molecular flexibility index (Phi) is 6.55. The number of carbonyl (C=O) groups is 1. The van der Waals surface area contributed by atoms with Crippen molar-refractivity contribution in [2.75, 3.05) is 32.0 Å². The molecule has 3 N–H and O–H groups in total. The molecule has 7 heteroatoms. The molecular formula is C12H17ClN4OS. The smallest absolute Gasteiger partial charge is 0.234 e. The number of hydrogen-bond donors (Lipinski definition) is 3. The van der Waals surface area contributed by atoms with Gasteiger partial charge in [-0.25, -0.2) is 4.98 Å². The van der Waals surface area contributed by atoms with E-state index in [2.05, 4.69) is 20.9 Å². The van der Waals surface area contributed by atoms with E-state index in [0.717, 1.165) is 10.6 Å². The Morgan fingerprint density at radius 2 is 2.11 bits per heavy atom. The van der Waals surface area contributed by atoms with E-state index in [9.17, 15) is 4.79 Å². The lowest BCUT2D eigenvalue weighted by molar-refractivity contribution is -0.120. The second kappa shape index (κ2) is 7.93. The van der Waals surface area contributed by atoms with Crippen molar-refractivity contribution in [2.45, 2.75) is 0 Å². The first-order valence-electron chi connectivity index (χ1n) is 5.80. The van der Waals surface area contributed by atoms with Gasteiger partial charge in [0.2, 0.25) is 5.91 Å². The molecule has 5 nitrogen and oxygen atoms in total. The normalized spacial score (nSPS) is 9.95. The molecule has 0 saturated heterocycles. The lowest BCUT2D eigenvalue weighted by Gasteiger charge is -2.04. The van der Waals surface area contributed by atoms with Crippen molar-refractivity contribution in [3.8, 4) is 0 Å². The third kappa shape index (κ3) is 4.66. The molecule has 104 valence electrons. The van der Waals surface area contributed by atoms with Crippen LogP contribution in [0.3, 0.4) is 0 Å². The van der Waals surface area contributed by atoms with Gasteiger partial charge in [-0.15, -0.1) is 12.4 Å². The monoisotopic (exact) mass is 300 g/mol. The first-order chi connectivity index (χ1) is 8.79. The maximum Gasteiger partial charge on any atom is 0.234 e. The minimum absolute atomic E-state index is 0. The van der Waals surface area contributed by atoms with Gasteiger partial charge in [0.25, 0.3) is 0 Å². The van der Waals surface area contributed by atoms with E-state index in [-0.39, 0.29) is 18.3 Å². The number of para-hydroxylation sites is 1. The fraction of sp³-hybridized carbons (Fsp3) is 0.333. The Morgan fingerprint density at radius 1 is 1.32 bits per heavy atom. The molecule has 1 aromatic heterocycles. The molecule has 2 rings (SSSR count). The highest BCUT2D eigenvalue weighted by Crippen LogP contribution is 2.24. The molecule has 0 bridgehead atoms. The van der Waals surface area contributed by atoms with Crippen LogP contribution in [0.1, 0.15) is 0 Å². The maximum absolute atomic E-state index is 11.2. The molecule has 0 spiro atoms. The second-order valence-electron chi connectivity index (χ2n) is 3.79. The number of rotatable bonds is 6. The van der Waals surface area contributed by atoms with E-state index < -0.39 is 0 Å². The minimum Gasteiger partial charge on any atom is -0.360 e. The maximum atomic E-state index is 11.2. The number of nitrogens with one attached hydrogen (secondary N) is 3. The average Bonchev–Trinajstić information content (AvgIpc) is 2.77. The lowest BCUT2D eigenvalue weighted by Crippen LogP contribution is -2.35. The third-order valence-electron chi connectivity index (χ3n) is 2.35. The van der Waals surface area contributed by atoms with Gasteiger partial charge in [-0.1, -0.05) is 23.5 Å². The Labute approximate surface area is 122 Å². The number of nitrogens with zero attached hydrogens (tertiary/aromatic N) is 1. The number of benzene rings is 1. The summed E-state index contributed by atoms with van der Waals surface area (Å²) in [5, 5.41) is 9.69. The zero-order valence-corrected chi connectivity index (χ0v) is 12.2. The topological polar surface area (TPSA) is 66.1 Å². The number of fused-ring (bicyclic) bond motifs is 1. The summed E-state index contributed by atoms with van der Waals surface area (Å²) in [6.45, 7) is 1.62. The highest BCUT2D eigenvalue weighted by molar-refractivity contribution is 7.22. The van der Waals surface area contributed by atoms with Crippen molar-refractivity contribution >= 4 is 45.0 Å². The fourth-order valence-electron chi connectivity index (χ4n) is 1.54. The summed E-state index contributed by atoms with van der Waals surface area (Å²) in [4.78, 5) is 15.6. The van der Waals surface area contributed by atoms with Crippen molar-refractivity contribution in [2.24, 2.45) is 0 Å². The van der Waals surface area contributed by atoms with Gasteiger partial charge in [0.05, 0.1) is 16.8 Å². The van der Waals surface area contributed by atoms with Crippen LogP contribution in [0.25, 0.3) is 10.2 Å². The minimum atomic E-state index is 0. The van der Waals surface area contributed by atoms with Gasteiger partial charge >= 0.3 is 0 Å². The van der Waals surface area contributed by atoms with Gasteiger partial charge < -0.3 is 16.0 Å². The van der Waals surface area contributed by atoms with Crippen molar-refractivity contribution in [1.29, 1.82) is 0 Å². The first-order valence-corrected chi connectivity index (χ1v) is 6.62. The Bertz CT molecular complexity index is 498. The van der Waals surface area contributed by atoms with Crippen LogP contribution in [0.4, 0.5) is 5.13 Å². The molecule has 0 aliphatic carbocycles. The summed E-state index contributed by atoms with van der Waals surface area (Å²) < 4.78 is 1.17. The van der Waals surface area contributed by atoms with Gasteiger partial charge in [0, 0.05) is 13.1 Å². The van der Waals surface area contributed by atoms with Gasteiger partial charge in [-0.2, -0.15) is 0 Å². The average molecular weight is 301 g/mol. The number of amides is 1. The Morgan fingerprint density at radius 3 is 2.84 bits per heavy atom. The quantitative estimate of drug-likeness (QED) is 0.707. The summed E-state index contributed by atoms with van der Waals surface area (Å²) in [5.41, 5.74) is 1.00. The number of likely N-dealkylation sites (N-methyl/N-ethyl adjacent to an activating group) is 1. The van der Waals surface area contributed by atoms with Crippen molar-refractivity contribution in [3.63, 3.8) is 0 Å². The number of aromatic nitrogens is 1. The van der Waals surface area contributed by atoms with E-state index in [1.165, 1.54) is 4.70 Å².